The van der Waals surface area contributed by atoms with Crippen molar-refractivity contribution in [2.24, 2.45) is 0 Å². The van der Waals surface area contributed by atoms with Crippen molar-refractivity contribution in [3.63, 3.8) is 0 Å². The normalized spacial score (nSPS) is 14.0. The highest BCUT2D eigenvalue weighted by Crippen LogP contribution is 2.31. The fraction of sp³-hybridized carbons (Fsp3) is 0. The van der Waals surface area contributed by atoms with Crippen LogP contribution in [0.2, 0.25) is 0 Å². The molecule has 6 rings (SSSR count). The number of carbonyl (C=O) groups excluding carboxylic acids is 2. The van der Waals surface area contributed by atoms with Crippen molar-refractivity contribution >= 4 is 33.5 Å². The third kappa shape index (κ3) is 1.13. The van der Waals surface area contributed by atoms with E-state index in [4.69, 9.17) is 0 Å². The number of ether oxygens (including phenoxy) is 1. The molecule has 2 aliphatic heterocycles. The summed E-state index contributed by atoms with van der Waals surface area (Å²) in [6.07, 6.45) is 0. The molecule has 2 aromatic carbocycles. The summed E-state index contributed by atoms with van der Waals surface area (Å²) in [6, 6.07) is 5.78. The first-order chi connectivity index (χ1) is 9.58. The first-order valence-electron chi connectivity index (χ1n) is 5.70. The quantitative estimate of drug-likeness (QED) is 0.447. The van der Waals surface area contributed by atoms with E-state index in [1.165, 1.54) is 12.1 Å². The van der Waals surface area contributed by atoms with Crippen LogP contribution in [-0.2, 0) is 4.74 Å². The second-order valence-corrected chi connectivity index (χ2v) is 4.43. The number of benzene rings is 2. The Kier molecular flexibility index (Phi) is 1.79. The van der Waals surface area contributed by atoms with Crippen molar-refractivity contribution in [1.29, 1.82) is 0 Å². The summed E-state index contributed by atoms with van der Waals surface area (Å²) in [5.74, 6) is -1.82. The summed E-state index contributed by atoms with van der Waals surface area (Å²) in [5, 5.41) is 0.592. The third-order valence-corrected chi connectivity index (χ3v) is 3.40. The van der Waals surface area contributed by atoms with Crippen LogP contribution in [-0.4, -0.2) is 11.9 Å². The Morgan fingerprint density at radius 1 is 0.750 bits per heavy atom. The molecule has 0 radical (unpaired) electrons. The lowest BCUT2D eigenvalue weighted by Crippen LogP contribution is -2.18. The van der Waals surface area contributed by atoms with E-state index in [0.29, 0.717) is 5.39 Å². The molecule has 20 heavy (non-hydrogen) atoms. The monoisotopic (exact) mass is 268 g/mol. The molecule has 0 unspecified atom stereocenters. The smallest absolute Gasteiger partial charge is 0.347 e. The van der Waals surface area contributed by atoms with Crippen LogP contribution >= 0.6 is 0 Å². The lowest BCUT2D eigenvalue weighted by Gasteiger charge is -2.12. The van der Waals surface area contributed by atoms with Gasteiger partial charge in [-0.1, -0.05) is 12.1 Å². The minimum absolute atomic E-state index is 0.0187. The first-order valence-corrected chi connectivity index (χ1v) is 5.70. The molecule has 0 N–H and O–H groups in total. The lowest BCUT2D eigenvalue weighted by molar-refractivity contribution is 0.0400. The van der Waals surface area contributed by atoms with Gasteiger partial charge >= 0.3 is 23.2 Å². The third-order valence-electron chi connectivity index (χ3n) is 3.40. The van der Waals surface area contributed by atoms with Crippen LogP contribution in [0.15, 0.2) is 38.3 Å². The number of hydrogen-bond acceptors (Lipinski definition) is 6. The number of fused-ring (bicyclic) bond motifs is 4. The molecule has 0 fully saturated rings. The molecule has 0 amide bonds. The second-order valence-electron chi connectivity index (χ2n) is 4.43. The van der Waals surface area contributed by atoms with Gasteiger partial charge in [-0.05, 0) is 17.5 Å². The average Bonchev–Trinajstić information content (AvgIpc) is 2.61. The molecular weight excluding hydrogens is 264 g/mol. The molecule has 0 atom stereocenters. The average molecular weight is 268 g/mol. The van der Waals surface area contributed by atoms with Crippen molar-refractivity contribution in [2.75, 3.05) is 0 Å². The van der Waals surface area contributed by atoms with Crippen LogP contribution in [0.5, 0.6) is 0 Å². The van der Waals surface area contributed by atoms with Crippen LogP contribution in [0.3, 0.4) is 0 Å². The molecule has 0 saturated carbocycles. The summed E-state index contributed by atoms with van der Waals surface area (Å²) in [5.41, 5.74) is -1.87. The molecule has 4 heterocycles. The molecule has 2 aliphatic rings. The summed E-state index contributed by atoms with van der Waals surface area (Å²) >= 11 is 0. The topological polar surface area (TPSA) is 90.7 Å². The summed E-state index contributed by atoms with van der Waals surface area (Å²) < 4.78 is 9.32. The zero-order valence-electron chi connectivity index (χ0n) is 9.76. The lowest BCUT2D eigenvalue weighted by atomic mass is 9.95. The SMILES string of the molecule is O=C1OC(=O)c2cccc3c4c1cc(c(=O)oc4=O)c23. The number of rotatable bonds is 0. The fourth-order valence-corrected chi connectivity index (χ4v) is 2.58. The molecule has 4 aromatic rings. The first kappa shape index (κ1) is 10.9. The van der Waals surface area contributed by atoms with Crippen LogP contribution in [0, 0.1) is 0 Å². The Morgan fingerprint density at radius 3 is 2.30 bits per heavy atom. The number of esters is 2. The van der Waals surface area contributed by atoms with E-state index >= 15 is 0 Å². The molecule has 6 bridgehead atoms. The van der Waals surface area contributed by atoms with Crippen LogP contribution in [0.25, 0.3) is 21.5 Å². The van der Waals surface area contributed by atoms with E-state index in [1.54, 1.807) is 12.1 Å². The van der Waals surface area contributed by atoms with Gasteiger partial charge < -0.3 is 9.15 Å². The van der Waals surface area contributed by atoms with E-state index in [1.807, 2.05) is 0 Å². The minimum atomic E-state index is -0.966. The Labute approximate surface area is 109 Å². The molecule has 6 nitrogen and oxygen atoms in total. The standard InChI is InChI=1S/C14H4O6/c15-11-6-3-1-2-5-9(6)7-4-8(13(17)19-11)10(5)14(18)20-12(7)16/h1-4H. The molecule has 96 valence electrons. The van der Waals surface area contributed by atoms with E-state index in [2.05, 4.69) is 9.15 Å². The second kappa shape index (κ2) is 3.30. The van der Waals surface area contributed by atoms with Crippen LogP contribution in [0.4, 0.5) is 0 Å². The van der Waals surface area contributed by atoms with Crippen LogP contribution in [0.1, 0.15) is 20.7 Å². The minimum Gasteiger partial charge on any atom is -0.386 e. The van der Waals surface area contributed by atoms with Crippen molar-refractivity contribution in [1.82, 2.24) is 0 Å². The maximum atomic E-state index is 11.9. The maximum absolute atomic E-state index is 11.9. The van der Waals surface area contributed by atoms with Crippen LogP contribution < -0.4 is 11.3 Å². The Morgan fingerprint density at radius 2 is 1.50 bits per heavy atom. The maximum Gasteiger partial charge on any atom is 0.347 e. The number of hydrogen-bond donors (Lipinski definition) is 0. The van der Waals surface area contributed by atoms with Crippen molar-refractivity contribution in [3.8, 4) is 0 Å². The highest BCUT2D eigenvalue weighted by molar-refractivity contribution is 6.25. The van der Waals surface area contributed by atoms with Gasteiger partial charge in [0.1, 0.15) is 0 Å². The Balaban J connectivity index is 2.56. The van der Waals surface area contributed by atoms with Gasteiger partial charge in [0.05, 0.1) is 21.9 Å². The van der Waals surface area contributed by atoms with Gasteiger partial charge in [-0.2, -0.15) is 0 Å². The van der Waals surface area contributed by atoms with Gasteiger partial charge in [-0.25, -0.2) is 19.2 Å². The van der Waals surface area contributed by atoms with E-state index in [-0.39, 0.29) is 27.3 Å². The largest absolute Gasteiger partial charge is 0.386 e. The number of carbonyl (C=O) groups is 2. The molecule has 6 heteroatoms. The van der Waals surface area contributed by atoms with Crippen molar-refractivity contribution in [3.05, 3.63) is 56.2 Å². The summed E-state index contributed by atoms with van der Waals surface area (Å²) in [6.45, 7) is 0. The van der Waals surface area contributed by atoms with Gasteiger partial charge in [0.15, 0.2) is 0 Å². The fourth-order valence-electron chi connectivity index (χ4n) is 2.58. The highest BCUT2D eigenvalue weighted by Gasteiger charge is 2.29. The van der Waals surface area contributed by atoms with Gasteiger partial charge in [0.2, 0.25) is 0 Å². The predicted molar refractivity (Wildman–Crippen MR) is 67.2 cm³/mol. The Bertz CT molecular complexity index is 1040. The molecule has 0 aliphatic carbocycles. The predicted octanol–water partition coefficient (Wildman–Crippen LogP) is 1.05. The molecule has 0 saturated heterocycles. The van der Waals surface area contributed by atoms with Gasteiger partial charge in [-0.15, -0.1) is 0 Å². The van der Waals surface area contributed by atoms with Gasteiger partial charge in [-0.3, -0.25) is 0 Å². The van der Waals surface area contributed by atoms with Crippen molar-refractivity contribution in [2.45, 2.75) is 0 Å². The van der Waals surface area contributed by atoms with E-state index < -0.39 is 23.2 Å². The van der Waals surface area contributed by atoms with E-state index in [9.17, 15) is 19.2 Å². The highest BCUT2D eigenvalue weighted by atomic mass is 16.6. The summed E-state index contributed by atoms with van der Waals surface area (Å²) in [4.78, 5) is 47.7. The Hall–Kier alpha value is -3.02. The van der Waals surface area contributed by atoms with E-state index in [0.717, 1.165) is 0 Å². The van der Waals surface area contributed by atoms with Crippen molar-refractivity contribution < 1.29 is 18.7 Å². The zero-order chi connectivity index (χ0) is 14.0. The van der Waals surface area contributed by atoms with Gasteiger partial charge in [0.25, 0.3) is 0 Å². The molecular formula is C14H4O6. The molecule has 2 aromatic heterocycles. The molecule has 0 spiro atoms. The van der Waals surface area contributed by atoms with Gasteiger partial charge in [0, 0.05) is 5.39 Å². The zero-order valence-corrected chi connectivity index (χ0v) is 9.76. The summed E-state index contributed by atoms with van der Waals surface area (Å²) in [7, 11) is 0.